The fraction of sp³-hybridized carbons (Fsp3) is 0.154. The van der Waals surface area contributed by atoms with Gasteiger partial charge in [0.25, 0.3) is 0 Å². The van der Waals surface area contributed by atoms with E-state index in [9.17, 15) is 18.7 Å². The van der Waals surface area contributed by atoms with Crippen molar-refractivity contribution in [2.24, 2.45) is 4.99 Å². The van der Waals surface area contributed by atoms with E-state index in [2.05, 4.69) is 11.6 Å². The van der Waals surface area contributed by atoms with Crippen molar-refractivity contribution in [3.05, 3.63) is 82.7 Å². The van der Waals surface area contributed by atoms with Crippen LogP contribution < -0.4 is 11.1 Å². The number of rotatable bonds is 4. The fourth-order valence-corrected chi connectivity index (χ4v) is 4.27. The largest absolute Gasteiger partial charge is 0.478 e. The fourth-order valence-electron chi connectivity index (χ4n) is 4.27. The van der Waals surface area contributed by atoms with Crippen LogP contribution in [-0.4, -0.2) is 24.2 Å². The topological polar surface area (TPSA) is 101 Å². The number of nitrogens with two attached hydrogens (primary N) is 1. The van der Waals surface area contributed by atoms with Gasteiger partial charge in [0.15, 0.2) is 0 Å². The summed E-state index contributed by atoms with van der Waals surface area (Å²) in [5, 5.41) is 10.4. The second-order valence-corrected chi connectivity index (χ2v) is 8.30. The number of hydrogen-bond acceptors (Lipinski definition) is 5. The number of carboxylic acid groups (broad SMARTS) is 1. The molecule has 0 radical (unpaired) electrons. The molecule has 0 bridgehead atoms. The van der Waals surface area contributed by atoms with E-state index in [1.165, 1.54) is 37.4 Å². The highest BCUT2D eigenvalue weighted by molar-refractivity contribution is 6.08. The van der Waals surface area contributed by atoms with Crippen LogP contribution in [0, 0.1) is 11.6 Å². The molecule has 172 valence electrons. The van der Waals surface area contributed by atoms with Gasteiger partial charge in [-0.15, -0.1) is 0 Å². The van der Waals surface area contributed by atoms with Gasteiger partial charge in [-0.05, 0) is 41.8 Å². The molecule has 5 rings (SSSR count). The lowest BCUT2D eigenvalue weighted by atomic mass is 9.89. The van der Waals surface area contributed by atoms with E-state index >= 15 is 0 Å². The molecule has 0 saturated carbocycles. The van der Waals surface area contributed by atoms with Gasteiger partial charge in [-0.1, -0.05) is 18.7 Å². The molecule has 2 unspecified atom stereocenters. The summed E-state index contributed by atoms with van der Waals surface area (Å²) in [4.78, 5) is 16.2. The van der Waals surface area contributed by atoms with Crippen LogP contribution in [0.1, 0.15) is 28.9 Å². The molecule has 1 fully saturated rings. The van der Waals surface area contributed by atoms with E-state index in [0.717, 1.165) is 5.57 Å². The van der Waals surface area contributed by atoms with E-state index in [4.69, 9.17) is 14.9 Å². The first-order chi connectivity index (χ1) is 16.2. The molecule has 8 heteroatoms. The SMILES string of the molecule is C=C(C)C1OC1c1ccc(-c2c3cc(F)c(=NC)cc-3oc3cc(N)c(F)cc23)c(C(=O)O)c1. The quantitative estimate of drug-likeness (QED) is 0.185. The predicted molar refractivity (Wildman–Crippen MR) is 123 cm³/mol. The number of benzene rings is 3. The van der Waals surface area contributed by atoms with Crippen LogP contribution in [0.5, 0.6) is 0 Å². The minimum Gasteiger partial charge on any atom is -0.478 e. The Hall–Kier alpha value is -4.04. The molecule has 2 heterocycles. The molecule has 2 aromatic carbocycles. The van der Waals surface area contributed by atoms with Crippen molar-refractivity contribution in [1.29, 1.82) is 0 Å². The maximum absolute atomic E-state index is 14.7. The summed E-state index contributed by atoms with van der Waals surface area (Å²) in [6, 6.07) is 10.0. The number of epoxide rings is 1. The van der Waals surface area contributed by atoms with Gasteiger partial charge in [-0.3, -0.25) is 4.99 Å². The van der Waals surface area contributed by atoms with Crippen LogP contribution in [0.25, 0.3) is 33.4 Å². The Kier molecular flexibility index (Phi) is 4.98. The van der Waals surface area contributed by atoms with Crippen molar-refractivity contribution in [1.82, 2.24) is 0 Å². The lowest BCUT2D eigenvalue weighted by molar-refractivity contribution is 0.0697. The van der Waals surface area contributed by atoms with E-state index in [1.54, 1.807) is 12.1 Å². The number of nitrogens with zero attached hydrogens (tertiary/aromatic N) is 1. The third-order valence-electron chi connectivity index (χ3n) is 6.00. The summed E-state index contributed by atoms with van der Waals surface area (Å²) in [5.74, 6) is -2.26. The minimum atomic E-state index is -1.19. The first-order valence-corrected chi connectivity index (χ1v) is 10.5. The Morgan fingerprint density at radius 2 is 1.88 bits per heavy atom. The second kappa shape index (κ2) is 7.78. The maximum Gasteiger partial charge on any atom is 0.336 e. The zero-order valence-corrected chi connectivity index (χ0v) is 18.4. The van der Waals surface area contributed by atoms with Crippen molar-refractivity contribution in [3.63, 3.8) is 0 Å². The number of fused-ring (bicyclic) bond motifs is 2. The molecule has 0 amide bonds. The molecule has 2 atom stereocenters. The average molecular weight is 462 g/mol. The Morgan fingerprint density at radius 1 is 1.12 bits per heavy atom. The van der Waals surface area contributed by atoms with Gasteiger partial charge in [0, 0.05) is 35.7 Å². The van der Waals surface area contributed by atoms with Crippen LogP contribution in [0.3, 0.4) is 0 Å². The maximum atomic E-state index is 14.7. The van der Waals surface area contributed by atoms with Crippen LogP contribution >= 0.6 is 0 Å². The normalized spacial score (nSPS) is 17.9. The van der Waals surface area contributed by atoms with E-state index < -0.39 is 17.6 Å². The molecule has 0 aromatic heterocycles. The van der Waals surface area contributed by atoms with Gasteiger partial charge < -0.3 is 20.0 Å². The molecular weight excluding hydrogens is 442 g/mol. The number of carbonyl (C=O) groups is 1. The summed E-state index contributed by atoms with van der Waals surface area (Å²) >= 11 is 0. The Labute approximate surface area is 193 Å². The monoisotopic (exact) mass is 462 g/mol. The summed E-state index contributed by atoms with van der Waals surface area (Å²) in [7, 11) is 1.44. The zero-order chi connectivity index (χ0) is 24.3. The highest BCUT2D eigenvalue weighted by atomic mass is 19.1. The first-order valence-electron chi connectivity index (χ1n) is 10.5. The van der Waals surface area contributed by atoms with Crippen LogP contribution in [0.4, 0.5) is 14.5 Å². The second-order valence-electron chi connectivity index (χ2n) is 8.30. The number of anilines is 1. The van der Waals surface area contributed by atoms with Crippen molar-refractivity contribution in [3.8, 4) is 22.5 Å². The van der Waals surface area contributed by atoms with Gasteiger partial charge in [0.05, 0.1) is 16.6 Å². The number of halogens is 2. The van der Waals surface area contributed by atoms with Crippen LogP contribution in [0.15, 0.2) is 64.0 Å². The predicted octanol–water partition coefficient (Wildman–Crippen LogP) is 5.31. The van der Waals surface area contributed by atoms with Crippen molar-refractivity contribution >= 4 is 22.6 Å². The minimum absolute atomic E-state index is 0.0378. The highest BCUT2D eigenvalue weighted by Gasteiger charge is 2.41. The number of ether oxygens (including phenoxy) is 1. The van der Waals surface area contributed by atoms with Gasteiger partial charge in [0.2, 0.25) is 0 Å². The summed E-state index contributed by atoms with van der Waals surface area (Å²) in [6.07, 6.45) is -0.459. The Balaban J connectivity index is 1.85. The van der Waals surface area contributed by atoms with E-state index in [0.29, 0.717) is 11.1 Å². The lowest BCUT2D eigenvalue weighted by Gasteiger charge is -2.18. The molecule has 1 aliphatic carbocycles. The number of carboxylic acids is 1. The van der Waals surface area contributed by atoms with Gasteiger partial charge >= 0.3 is 5.97 Å². The zero-order valence-electron chi connectivity index (χ0n) is 18.4. The summed E-state index contributed by atoms with van der Waals surface area (Å²) in [6.45, 7) is 5.72. The van der Waals surface area contributed by atoms with Crippen LogP contribution in [0.2, 0.25) is 0 Å². The molecule has 0 spiro atoms. The summed E-state index contributed by atoms with van der Waals surface area (Å²) in [5.41, 5.74) is 8.19. The van der Waals surface area contributed by atoms with Gasteiger partial charge in [-0.2, -0.15) is 0 Å². The van der Waals surface area contributed by atoms with E-state index in [-0.39, 0.29) is 56.7 Å². The molecule has 6 nitrogen and oxygen atoms in total. The van der Waals surface area contributed by atoms with Crippen molar-refractivity contribution in [2.75, 3.05) is 12.8 Å². The first kappa shape index (κ1) is 21.8. The molecule has 3 aliphatic rings. The van der Waals surface area contributed by atoms with Crippen LogP contribution in [-0.2, 0) is 4.74 Å². The Bertz CT molecular complexity index is 1560. The van der Waals surface area contributed by atoms with Gasteiger partial charge in [0.1, 0.15) is 35.2 Å². The third-order valence-corrected chi connectivity index (χ3v) is 6.00. The molecular formula is C26H20F2N2O4. The molecule has 34 heavy (non-hydrogen) atoms. The Morgan fingerprint density at radius 3 is 2.53 bits per heavy atom. The number of hydrogen-bond donors (Lipinski definition) is 2. The van der Waals surface area contributed by atoms with Crippen molar-refractivity contribution in [2.45, 2.75) is 19.1 Å². The number of nitrogen functional groups attached to an aromatic ring is 1. The van der Waals surface area contributed by atoms with Crippen molar-refractivity contribution < 1.29 is 27.8 Å². The lowest BCUT2D eigenvalue weighted by Crippen LogP contribution is -2.10. The average Bonchev–Trinajstić information content (AvgIpc) is 3.59. The molecule has 2 aromatic rings. The summed E-state index contributed by atoms with van der Waals surface area (Å²) < 4.78 is 40.8. The molecule has 3 N–H and O–H groups in total. The molecule has 1 saturated heterocycles. The van der Waals surface area contributed by atoms with Gasteiger partial charge in [-0.25, -0.2) is 13.6 Å². The molecule has 2 aliphatic heterocycles. The highest BCUT2D eigenvalue weighted by Crippen LogP contribution is 2.46. The number of aromatic carboxylic acids is 1. The standard InChI is InChI=1S/C26H20F2N2O4/c1-11(2)24-25(34-24)12-4-5-13(14(6-12)26(31)32)23-15-7-17(27)19(29)9-21(15)33-22-10-20(30-3)18(28)8-16(22)23/h4-10,24-25H,1,29H2,2-3H3,(H,31,32). The van der Waals surface area contributed by atoms with E-state index in [1.807, 2.05) is 6.92 Å². The third kappa shape index (κ3) is 3.43. The smallest absolute Gasteiger partial charge is 0.336 e.